The van der Waals surface area contributed by atoms with Gasteiger partial charge in [0.1, 0.15) is 11.6 Å². The lowest BCUT2D eigenvalue weighted by molar-refractivity contribution is -0.117. The number of benzene rings is 2. The average Bonchev–Trinajstić information content (AvgIpc) is 3.24. The number of carbonyl (C=O) groups excluding carboxylic acids is 1. The number of hydrogen-bond acceptors (Lipinski definition) is 6. The van der Waals surface area contributed by atoms with Crippen LogP contribution in [0, 0.1) is 18.3 Å². The Balaban J connectivity index is 1.32. The van der Waals surface area contributed by atoms with E-state index in [0.717, 1.165) is 31.7 Å². The maximum absolute atomic E-state index is 12.5. The fourth-order valence-electron chi connectivity index (χ4n) is 3.58. The third-order valence-electron chi connectivity index (χ3n) is 5.25. The Morgan fingerprint density at radius 1 is 1.13 bits per heavy atom. The van der Waals surface area contributed by atoms with Gasteiger partial charge in [-0.15, -0.1) is 0 Å². The summed E-state index contributed by atoms with van der Waals surface area (Å²) in [7, 11) is 0. The number of nitrogens with one attached hydrogen (secondary N) is 1. The van der Waals surface area contributed by atoms with Gasteiger partial charge in [-0.1, -0.05) is 18.2 Å². The summed E-state index contributed by atoms with van der Waals surface area (Å²) in [4.78, 5) is 16.8. The van der Waals surface area contributed by atoms with Gasteiger partial charge in [0.05, 0.1) is 0 Å². The number of piperazine rings is 1. The van der Waals surface area contributed by atoms with Crippen LogP contribution in [0.4, 0.5) is 5.69 Å². The Bertz CT molecular complexity index is 1000. The minimum absolute atomic E-state index is 0.111. The molecule has 154 valence electrons. The van der Waals surface area contributed by atoms with Crippen molar-refractivity contribution in [2.24, 2.45) is 0 Å². The second kappa shape index (κ2) is 8.78. The van der Waals surface area contributed by atoms with E-state index < -0.39 is 0 Å². The molecule has 0 bridgehead atoms. The Morgan fingerprint density at radius 2 is 1.93 bits per heavy atom. The first kappa shape index (κ1) is 19.6. The highest BCUT2D eigenvalue weighted by molar-refractivity contribution is 5.97. The van der Waals surface area contributed by atoms with E-state index >= 15 is 0 Å². The van der Waals surface area contributed by atoms with Crippen LogP contribution >= 0.6 is 0 Å². The average molecular weight is 404 g/mol. The van der Waals surface area contributed by atoms with E-state index in [1.54, 1.807) is 6.20 Å². The van der Waals surface area contributed by atoms with Gasteiger partial charge >= 0.3 is 0 Å². The van der Waals surface area contributed by atoms with Crippen molar-refractivity contribution < 1.29 is 14.3 Å². The van der Waals surface area contributed by atoms with Crippen LogP contribution in [0.5, 0.6) is 11.5 Å². The fourth-order valence-corrected chi connectivity index (χ4v) is 3.58. The third-order valence-corrected chi connectivity index (χ3v) is 5.25. The topological polar surface area (TPSA) is 77.8 Å². The van der Waals surface area contributed by atoms with Crippen molar-refractivity contribution in [3.63, 3.8) is 0 Å². The predicted octanol–water partition coefficient (Wildman–Crippen LogP) is 2.57. The SMILES string of the molecule is Cc1cccc(N2CCN(/C=C(/C#N)C(=O)NCc3ccc4c(c3)OCO4)CC2)c1. The van der Waals surface area contributed by atoms with E-state index in [1.165, 1.54) is 11.3 Å². The molecule has 7 nitrogen and oxygen atoms in total. The molecule has 1 N–H and O–H groups in total. The number of aryl methyl sites for hydroxylation is 1. The van der Waals surface area contributed by atoms with Gasteiger partial charge in [0.2, 0.25) is 6.79 Å². The standard InChI is InChI=1S/C23H24N4O3/c1-17-3-2-4-20(11-17)27-9-7-26(8-10-27)15-19(13-24)23(28)25-14-18-5-6-21-22(12-18)30-16-29-21/h2-6,11-12,15H,7-10,14,16H2,1H3,(H,25,28)/b19-15-. The monoisotopic (exact) mass is 404 g/mol. The van der Waals surface area contributed by atoms with Crippen LogP contribution in [0.1, 0.15) is 11.1 Å². The van der Waals surface area contributed by atoms with E-state index in [0.29, 0.717) is 18.0 Å². The van der Waals surface area contributed by atoms with Crippen LogP contribution in [-0.2, 0) is 11.3 Å². The fraction of sp³-hybridized carbons (Fsp3) is 0.304. The maximum Gasteiger partial charge on any atom is 0.263 e. The van der Waals surface area contributed by atoms with Crippen LogP contribution in [0.3, 0.4) is 0 Å². The Kier molecular flexibility index (Phi) is 5.75. The molecule has 2 aromatic rings. The zero-order valence-electron chi connectivity index (χ0n) is 16.9. The van der Waals surface area contributed by atoms with Gasteiger partial charge in [-0.3, -0.25) is 4.79 Å². The number of fused-ring (bicyclic) bond motifs is 1. The number of hydrogen-bond donors (Lipinski definition) is 1. The lowest BCUT2D eigenvalue weighted by atomic mass is 10.2. The van der Waals surface area contributed by atoms with Crippen molar-refractivity contribution in [3.05, 3.63) is 65.4 Å². The van der Waals surface area contributed by atoms with E-state index in [9.17, 15) is 10.1 Å². The van der Waals surface area contributed by atoms with Crippen LogP contribution in [-0.4, -0.2) is 43.8 Å². The van der Waals surface area contributed by atoms with Crippen molar-refractivity contribution in [3.8, 4) is 17.6 Å². The lowest BCUT2D eigenvalue weighted by Gasteiger charge is -2.35. The molecule has 1 saturated heterocycles. The zero-order valence-corrected chi connectivity index (χ0v) is 16.9. The summed E-state index contributed by atoms with van der Waals surface area (Å²) in [5, 5.41) is 12.3. The van der Waals surface area contributed by atoms with Crippen LogP contribution in [0.15, 0.2) is 54.2 Å². The molecule has 0 saturated carbocycles. The predicted molar refractivity (Wildman–Crippen MR) is 113 cm³/mol. The van der Waals surface area contributed by atoms with Gasteiger partial charge < -0.3 is 24.6 Å². The molecule has 2 aliphatic heterocycles. The molecule has 1 fully saturated rings. The van der Waals surface area contributed by atoms with E-state index in [2.05, 4.69) is 41.4 Å². The molecule has 30 heavy (non-hydrogen) atoms. The molecule has 1 amide bonds. The molecule has 0 radical (unpaired) electrons. The van der Waals surface area contributed by atoms with Crippen molar-refractivity contribution in [1.29, 1.82) is 5.26 Å². The molecule has 0 atom stereocenters. The first-order valence-corrected chi connectivity index (χ1v) is 9.97. The van der Waals surface area contributed by atoms with Gasteiger partial charge in [-0.05, 0) is 42.3 Å². The first-order valence-electron chi connectivity index (χ1n) is 9.97. The molecule has 0 aromatic heterocycles. The first-order chi connectivity index (χ1) is 14.6. The number of rotatable bonds is 5. The number of carbonyl (C=O) groups is 1. The van der Waals surface area contributed by atoms with E-state index in [-0.39, 0.29) is 18.3 Å². The lowest BCUT2D eigenvalue weighted by Crippen LogP contribution is -2.44. The molecule has 2 aliphatic rings. The van der Waals surface area contributed by atoms with Crippen molar-refractivity contribution >= 4 is 11.6 Å². The molecule has 0 unspecified atom stereocenters. The van der Waals surface area contributed by atoms with Gasteiger partial charge in [0.25, 0.3) is 5.91 Å². The second-order valence-corrected chi connectivity index (χ2v) is 7.39. The summed E-state index contributed by atoms with van der Waals surface area (Å²) in [6.45, 7) is 5.82. The summed E-state index contributed by atoms with van der Waals surface area (Å²) in [5.74, 6) is 0.994. The Hall–Kier alpha value is -3.66. The molecule has 2 heterocycles. The third kappa shape index (κ3) is 4.49. The number of nitriles is 1. The molecule has 0 aliphatic carbocycles. The summed E-state index contributed by atoms with van der Waals surface area (Å²) in [6.07, 6.45) is 1.67. The normalized spacial score (nSPS) is 15.7. The van der Waals surface area contributed by atoms with Gasteiger partial charge in [-0.2, -0.15) is 5.26 Å². The molecule has 4 rings (SSSR count). The van der Waals surface area contributed by atoms with Crippen molar-refractivity contribution in [2.75, 3.05) is 37.9 Å². The minimum Gasteiger partial charge on any atom is -0.454 e. The highest BCUT2D eigenvalue weighted by Crippen LogP contribution is 2.32. The highest BCUT2D eigenvalue weighted by atomic mass is 16.7. The summed E-state index contributed by atoms with van der Waals surface area (Å²) >= 11 is 0. The quantitative estimate of drug-likeness (QED) is 0.610. The largest absolute Gasteiger partial charge is 0.454 e. The molecule has 2 aromatic carbocycles. The van der Waals surface area contributed by atoms with E-state index in [4.69, 9.17) is 9.47 Å². The Morgan fingerprint density at radius 3 is 2.70 bits per heavy atom. The van der Waals surface area contributed by atoms with Crippen molar-refractivity contribution in [2.45, 2.75) is 13.5 Å². The highest BCUT2D eigenvalue weighted by Gasteiger charge is 2.18. The van der Waals surface area contributed by atoms with Gasteiger partial charge in [-0.25, -0.2) is 0 Å². The summed E-state index contributed by atoms with van der Waals surface area (Å²) in [6, 6.07) is 16.0. The summed E-state index contributed by atoms with van der Waals surface area (Å²) in [5.41, 5.74) is 3.44. The second-order valence-electron chi connectivity index (χ2n) is 7.39. The number of anilines is 1. The van der Waals surface area contributed by atoms with Gasteiger partial charge in [0, 0.05) is 44.6 Å². The molecular formula is C23H24N4O3. The summed E-state index contributed by atoms with van der Waals surface area (Å²) < 4.78 is 10.6. The number of nitrogens with zero attached hydrogens (tertiary/aromatic N) is 3. The van der Waals surface area contributed by atoms with E-state index in [1.807, 2.05) is 29.2 Å². The maximum atomic E-state index is 12.5. The number of ether oxygens (including phenoxy) is 2. The van der Waals surface area contributed by atoms with Crippen molar-refractivity contribution in [1.82, 2.24) is 10.2 Å². The van der Waals surface area contributed by atoms with Crippen LogP contribution < -0.4 is 19.7 Å². The molecular weight excluding hydrogens is 380 g/mol. The number of amides is 1. The minimum atomic E-state index is -0.378. The molecule has 7 heteroatoms. The van der Waals surface area contributed by atoms with Gasteiger partial charge in [0.15, 0.2) is 11.5 Å². The van der Waals surface area contributed by atoms with Crippen LogP contribution in [0.2, 0.25) is 0 Å². The Labute approximate surface area is 176 Å². The smallest absolute Gasteiger partial charge is 0.263 e. The zero-order chi connectivity index (χ0) is 20.9. The van der Waals surface area contributed by atoms with Crippen LogP contribution in [0.25, 0.3) is 0 Å². The molecule has 0 spiro atoms.